The number of rotatable bonds is 4. The van der Waals surface area contributed by atoms with Crippen LogP contribution in [0.3, 0.4) is 0 Å². The van der Waals surface area contributed by atoms with Gasteiger partial charge in [0.2, 0.25) is 0 Å². The number of pyridine rings is 1. The normalized spacial score (nSPS) is 13.7. The number of fused-ring (bicyclic) bond motifs is 5. The van der Waals surface area contributed by atoms with E-state index in [2.05, 4.69) is 25.4 Å². The molecule has 2 N–H and O–H groups in total. The molecule has 5 aromatic rings. The molecule has 4 heterocycles. The Kier molecular flexibility index (Phi) is 4.21. The standard InChI is InChI=1S/C23H20N6OS/c1-12-16(9-25-27-12)22-15-5-3-2-4-14(15)20-17(26-22)6-7-18-21(20)23(29-28-18)19(30)8-13-10-31-11-24-13/h6-7,9-11H,2-5,8H2,1H3,(H,25,27)(H,28,29). The fourth-order valence-electron chi connectivity index (χ4n) is 4.72. The largest absolute Gasteiger partial charge is 0.292 e. The molecule has 0 unspecified atom stereocenters. The summed E-state index contributed by atoms with van der Waals surface area (Å²) in [7, 11) is 0. The van der Waals surface area contributed by atoms with Crippen LogP contribution in [0.25, 0.3) is 33.1 Å². The van der Waals surface area contributed by atoms with Gasteiger partial charge in [0, 0.05) is 27.4 Å². The zero-order valence-electron chi connectivity index (χ0n) is 17.0. The molecular formula is C23H20N6OS. The monoisotopic (exact) mass is 428 g/mol. The van der Waals surface area contributed by atoms with Crippen LogP contribution in [0, 0.1) is 6.92 Å². The Morgan fingerprint density at radius 3 is 2.77 bits per heavy atom. The molecule has 154 valence electrons. The molecule has 1 aromatic carbocycles. The highest BCUT2D eigenvalue weighted by molar-refractivity contribution is 7.07. The zero-order valence-corrected chi connectivity index (χ0v) is 17.8. The molecule has 0 radical (unpaired) electrons. The highest BCUT2D eigenvalue weighted by Gasteiger charge is 2.25. The number of hydrogen-bond acceptors (Lipinski definition) is 6. The van der Waals surface area contributed by atoms with E-state index in [9.17, 15) is 4.79 Å². The summed E-state index contributed by atoms with van der Waals surface area (Å²) in [4.78, 5) is 22.5. The maximum absolute atomic E-state index is 13.1. The van der Waals surface area contributed by atoms with Gasteiger partial charge in [-0.05, 0) is 55.9 Å². The van der Waals surface area contributed by atoms with E-state index in [4.69, 9.17) is 4.98 Å². The van der Waals surface area contributed by atoms with Crippen LogP contribution in [-0.4, -0.2) is 36.1 Å². The number of thiazole rings is 1. The smallest absolute Gasteiger partial charge is 0.189 e. The first kappa shape index (κ1) is 18.4. The van der Waals surface area contributed by atoms with E-state index in [1.165, 1.54) is 22.5 Å². The Morgan fingerprint density at radius 1 is 1.13 bits per heavy atom. The van der Waals surface area contributed by atoms with E-state index in [-0.39, 0.29) is 12.2 Å². The summed E-state index contributed by atoms with van der Waals surface area (Å²) >= 11 is 1.50. The Labute approximate surface area is 181 Å². The Bertz CT molecular complexity index is 1450. The molecule has 8 heteroatoms. The van der Waals surface area contributed by atoms with Crippen LogP contribution in [-0.2, 0) is 19.3 Å². The number of nitrogens with one attached hydrogen (secondary N) is 2. The first-order chi connectivity index (χ1) is 15.2. The van der Waals surface area contributed by atoms with E-state index in [0.29, 0.717) is 5.69 Å². The molecule has 0 aliphatic heterocycles. The fourth-order valence-corrected chi connectivity index (χ4v) is 5.28. The average Bonchev–Trinajstić information content (AvgIpc) is 3.53. The number of H-pyrrole nitrogens is 2. The van der Waals surface area contributed by atoms with Gasteiger partial charge < -0.3 is 0 Å². The SMILES string of the molecule is Cc1[nH]ncc1-c1nc2ccc3[nH]nc(C(=O)Cc4cscn4)c3c2c2c1CCCC2. The van der Waals surface area contributed by atoms with Crippen LogP contribution in [0.1, 0.15) is 45.8 Å². The molecule has 6 rings (SSSR count). The predicted octanol–water partition coefficient (Wildman–Crippen LogP) is 4.57. The number of nitrogens with zero attached hydrogens (tertiary/aromatic N) is 4. The summed E-state index contributed by atoms with van der Waals surface area (Å²) in [6.45, 7) is 2.03. The fraction of sp³-hybridized carbons (Fsp3) is 0.261. The van der Waals surface area contributed by atoms with Crippen LogP contribution in [0.15, 0.2) is 29.2 Å². The number of benzene rings is 1. The number of aryl methyl sites for hydroxylation is 2. The summed E-state index contributed by atoms with van der Waals surface area (Å²) in [5.74, 6) is -0.0241. The number of Topliss-reactive ketones (excluding diaryl/α,β-unsaturated/α-hetero) is 1. The Morgan fingerprint density at radius 2 is 2.00 bits per heavy atom. The lowest BCUT2D eigenvalue weighted by molar-refractivity contribution is 0.0989. The van der Waals surface area contributed by atoms with Gasteiger partial charge in [-0.1, -0.05) is 0 Å². The minimum Gasteiger partial charge on any atom is -0.292 e. The third-order valence-corrected chi connectivity index (χ3v) is 6.81. The van der Waals surface area contributed by atoms with Gasteiger partial charge in [0.1, 0.15) is 5.69 Å². The van der Waals surface area contributed by atoms with E-state index in [1.54, 1.807) is 5.51 Å². The summed E-state index contributed by atoms with van der Waals surface area (Å²) in [6, 6.07) is 4.00. The van der Waals surface area contributed by atoms with Crippen molar-refractivity contribution in [3.63, 3.8) is 0 Å². The molecule has 0 atom stereocenters. The van der Waals surface area contributed by atoms with Gasteiger partial charge in [-0.2, -0.15) is 10.2 Å². The second-order valence-corrected chi connectivity index (χ2v) is 8.79. The molecule has 1 aliphatic rings. The molecule has 0 fully saturated rings. The van der Waals surface area contributed by atoms with Crippen molar-refractivity contribution in [1.82, 2.24) is 30.4 Å². The molecule has 0 saturated heterocycles. The molecule has 7 nitrogen and oxygen atoms in total. The lowest BCUT2D eigenvalue weighted by Gasteiger charge is -2.21. The molecule has 0 spiro atoms. The summed E-state index contributed by atoms with van der Waals surface area (Å²) < 4.78 is 0. The third-order valence-electron chi connectivity index (χ3n) is 6.17. The van der Waals surface area contributed by atoms with Crippen molar-refractivity contribution in [3.8, 4) is 11.3 Å². The van der Waals surface area contributed by atoms with Crippen molar-refractivity contribution in [2.45, 2.75) is 39.0 Å². The van der Waals surface area contributed by atoms with Crippen molar-refractivity contribution >= 4 is 38.9 Å². The van der Waals surface area contributed by atoms with Gasteiger partial charge in [-0.3, -0.25) is 15.0 Å². The van der Waals surface area contributed by atoms with E-state index in [0.717, 1.165) is 70.1 Å². The third kappa shape index (κ3) is 2.90. The van der Waals surface area contributed by atoms with Crippen molar-refractivity contribution in [1.29, 1.82) is 0 Å². The van der Waals surface area contributed by atoms with E-state index >= 15 is 0 Å². The molecular weight excluding hydrogens is 408 g/mol. The first-order valence-corrected chi connectivity index (χ1v) is 11.4. The number of hydrogen-bond donors (Lipinski definition) is 2. The zero-order chi connectivity index (χ0) is 20.9. The van der Waals surface area contributed by atoms with Crippen molar-refractivity contribution in [2.24, 2.45) is 0 Å². The lowest BCUT2D eigenvalue weighted by Crippen LogP contribution is -2.09. The second kappa shape index (κ2) is 7.09. The van der Waals surface area contributed by atoms with Crippen LogP contribution in [0.2, 0.25) is 0 Å². The molecule has 31 heavy (non-hydrogen) atoms. The maximum atomic E-state index is 13.1. The molecule has 0 amide bonds. The Balaban J connectivity index is 1.62. The van der Waals surface area contributed by atoms with Crippen LogP contribution in [0.5, 0.6) is 0 Å². The number of carbonyl (C=O) groups excluding carboxylic acids is 1. The number of carbonyl (C=O) groups is 1. The van der Waals surface area contributed by atoms with Gasteiger partial charge in [0.25, 0.3) is 0 Å². The van der Waals surface area contributed by atoms with Crippen molar-refractivity contribution in [3.05, 3.63) is 57.4 Å². The van der Waals surface area contributed by atoms with Crippen LogP contribution < -0.4 is 0 Å². The number of aromatic amines is 2. The van der Waals surface area contributed by atoms with Crippen molar-refractivity contribution in [2.75, 3.05) is 0 Å². The van der Waals surface area contributed by atoms with Crippen LogP contribution >= 0.6 is 11.3 Å². The molecule has 0 bridgehead atoms. The minimum atomic E-state index is -0.0241. The Hall–Kier alpha value is -3.39. The topological polar surface area (TPSA) is 100 Å². The van der Waals surface area contributed by atoms with E-state index < -0.39 is 0 Å². The van der Waals surface area contributed by atoms with Crippen molar-refractivity contribution < 1.29 is 4.79 Å². The summed E-state index contributed by atoms with van der Waals surface area (Å²) in [5.41, 5.74) is 10.4. The van der Waals surface area contributed by atoms with Gasteiger partial charge >= 0.3 is 0 Å². The van der Waals surface area contributed by atoms with Crippen LogP contribution in [0.4, 0.5) is 0 Å². The van der Waals surface area contributed by atoms with E-state index in [1.807, 2.05) is 30.6 Å². The quantitative estimate of drug-likeness (QED) is 0.409. The average molecular weight is 429 g/mol. The van der Waals surface area contributed by atoms with Gasteiger partial charge in [0.05, 0.1) is 40.5 Å². The molecule has 0 saturated carbocycles. The number of aromatic nitrogens is 6. The lowest BCUT2D eigenvalue weighted by atomic mass is 9.85. The summed E-state index contributed by atoms with van der Waals surface area (Å²) in [6.07, 6.45) is 6.34. The number of ketones is 1. The second-order valence-electron chi connectivity index (χ2n) is 8.07. The van der Waals surface area contributed by atoms with Gasteiger partial charge in [-0.15, -0.1) is 11.3 Å². The minimum absolute atomic E-state index is 0.0241. The van der Waals surface area contributed by atoms with Gasteiger partial charge in [0.15, 0.2) is 5.78 Å². The summed E-state index contributed by atoms with van der Waals surface area (Å²) in [5, 5.41) is 18.6. The van der Waals surface area contributed by atoms with Gasteiger partial charge in [-0.25, -0.2) is 9.97 Å². The molecule has 4 aromatic heterocycles. The maximum Gasteiger partial charge on any atom is 0.189 e. The first-order valence-electron chi connectivity index (χ1n) is 10.4. The predicted molar refractivity (Wildman–Crippen MR) is 121 cm³/mol. The highest BCUT2D eigenvalue weighted by atomic mass is 32.1. The molecule has 1 aliphatic carbocycles. The highest BCUT2D eigenvalue weighted by Crippen LogP contribution is 2.39.